The summed E-state index contributed by atoms with van der Waals surface area (Å²) in [4.78, 5) is 11.8. The van der Waals surface area contributed by atoms with E-state index >= 15 is 0 Å². The Morgan fingerprint density at radius 2 is 2.26 bits per heavy atom. The van der Waals surface area contributed by atoms with E-state index in [0.29, 0.717) is 15.7 Å². The number of carbonyl (C=O) groups excluding carboxylic acids is 1. The van der Waals surface area contributed by atoms with E-state index in [1.165, 1.54) is 0 Å². The molecule has 0 bridgehead atoms. The lowest BCUT2D eigenvalue weighted by Gasteiger charge is -2.23. The molecule has 1 aliphatic rings. The molecule has 1 unspecified atom stereocenters. The predicted octanol–water partition coefficient (Wildman–Crippen LogP) is 2.49. The van der Waals surface area contributed by atoms with Gasteiger partial charge in [-0.05, 0) is 31.0 Å². The average molecular weight is 304 g/mol. The minimum absolute atomic E-state index is 0.0260. The van der Waals surface area contributed by atoms with E-state index < -0.39 is 6.03 Å². The van der Waals surface area contributed by atoms with E-state index in [0.717, 1.165) is 19.4 Å². The van der Waals surface area contributed by atoms with Gasteiger partial charge in [-0.15, -0.1) is 0 Å². The number of hydrogen-bond acceptors (Lipinski definition) is 3. The number of aliphatic hydroxyl groups excluding tert-OH is 1. The minimum Gasteiger partial charge on any atom is -0.395 e. The highest BCUT2D eigenvalue weighted by Gasteiger charge is 2.25. The molecule has 19 heavy (non-hydrogen) atoms. The van der Waals surface area contributed by atoms with Gasteiger partial charge >= 0.3 is 6.03 Å². The Morgan fingerprint density at radius 3 is 3.00 bits per heavy atom. The fourth-order valence-corrected chi connectivity index (χ4v) is 2.38. The van der Waals surface area contributed by atoms with Crippen molar-refractivity contribution in [3.63, 3.8) is 0 Å². The normalized spacial score (nSPS) is 19.4. The Labute approximate surface area is 121 Å². The Balaban J connectivity index is 1.95. The summed E-state index contributed by atoms with van der Waals surface area (Å²) in [5.41, 5.74) is 3.15. The summed E-state index contributed by atoms with van der Waals surface area (Å²) in [5, 5.41) is 14.4. The first-order chi connectivity index (χ1) is 9.10. The molecule has 0 saturated carbocycles. The highest BCUT2D eigenvalue weighted by Crippen LogP contribution is 2.25. The predicted molar refractivity (Wildman–Crippen MR) is 75.4 cm³/mol. The van der Waals surface area contributed by atoms with Crippen LogP contribution < -0.4 is 10.7 Å². The SMILES string of the molecule is O=C(Nc1cc(Cl)ccc1Cl)NN1CCCC1CO. The number of anilines is 1. The van der Waals surface area contributed by atoms with Gasteiger partial charge in [0.2, 0.25) is 0 Å². The third-order valence-electron chi connectivity index (χ3n) is 3.01. The fraction of sp³-hybridized carbons (Fsp3) is 0.417. The number of hydrazine groups is 1. The third kappa shape index (κ3) is 3.73. The second-order valence-corrected chi connectivity index (χ2v) is 5.21. The number of rotatable bonds is 3. The van der Waals surface area contributed by atoms with Crippen molar-refractivity contribution in [2.45, 2.75) is 18.9 Å². The van der Waals surface area contributed by atoms with E-state index in [1.807, 2.05) is 0 Å². The van der Waals surface area contributed by atoms with Gasteiger partial charge in [-0.1, -0.05) is 23.2 Å². The van der Waals surface area contributed by atoms with Crippen molar-refractivity contribution < 1.29 is 9.90 Å². The molecule has 5 nitrogen and oxygen atoms in total. The van der Waals surface area contributed by atoms with Crippen LogP contribution in [0.5, 0.6) is 0 Å². The highest BCUT2D eigenvalue weighted by atomic mass is 35.5. The van der Waals surface area contributed by atoms with Crippen molar-refractivity contribution in [1.82, 2.24) is 10.4 Å². The van der Waals surface area contributed by atoms with Gasteiger partial charge in [-0.25, -0.2) is 9.80 Å². The maximum absolute atomic E-state index is 11.8. The van der Waals surface area contributed by atoms with Crippen LogP contribution in [0.1, 0.15) is 12.8 Å². The first-order valence-electron chi connectivity index (χ1n) is 6.00. The van der Waals surface area contributed by atoms with Crippen LogP contribution in [0.4, 0.5) is 10.5 Å². The number of carbonyl (C=O) groups is 1. The van der Waals surface area contributed by atoms with Gasteiger partial charge in [0.05, 0.1) is 23.4 Å². The molecular weight excluding hydrogens is 289 g/mol. The summed E-state index contributed by atoms with van der Waals surface area (Å²) in [6.07, 6.45) is 1.82. The lowest BCUT2D eigenvalue weighted by atomic mass is 10.2. The number of nitrogens with one attached hydrogen (secondary N) is 2. The van der Waals surface area contributed by atoms with Crippen LogP contribution in [0.3, 0.4) is 0 Å². The van der Waals surface area contributed by atoms with Crippen LogP contribution in [0.15, 0.2) is 18.2 Å². The molecule has 2 amide bonds. The summed E-state index contributed by atoms with van der Waals surface area (Å²) >= 11 is 11.8. The molecule has 0 aromatic heterocycles. The summed E-state index contributed by atoms with van der Waals surface area (Å²) in [5.74, 6) is 0. The molecule has 0 aliphatic carbocycles. The number of nitrogens with zero attached hydrogens (tertiary/aromatic N) is 1. The van der Waals surface area contributed by atoms with E-state index in [4.69, 9.17) is 28.3 Å². The molecule has 1 aliphatic heterocycles. The van der Waals surface area contributed by atoms with Crippen LogP contribution in [0, 0.1) is 0 Å². The highest BCUT2D eigenvalue weighted by molar-refractivity contribution is 6.35. The van der Waals surface area contributed by atoms with Crippen LogP contribution >= 0.6 is 23.2 Å². The largest absolute Gasteiger partial charge is 0.395 e. The van der Waals surface area contributed by atoms with Crippen molar-refractivity contribution in [2.24, 2.45) is 0 Å². The quantitative estimate of drug-likeness (QED) is 0.804. The third-order valence-corrected chi connectivity index (χ3v) is 3.57. The summed E-state index contributed by atoms with van der Waals surface area (Å²) in [6, 6.07) is 4.42. The lowest BCUT2D eigenvalue weighted by molar-refractivity contribution is 0.123. The van der Waals surface area contributed by atoms with Crippen LogP contribution in [-0.2, 0) is 0 Å². The molecule has 1 heterocycles. The molecule has 1 atom stereocenters. The van der Waals surface area contributed by atoms with Gasteiger partial charge in [0.15, 0.2) is 0 Å². The Morgan fingerprint density at radius 1 is 1.47 bits per heavy atom. The molecule has 7 heteroatoms. The Hall–Kier alpha value is -1.01. The Kier molecular flexibility index (Phi) is 4.87. The molecule has 104 valence electrons. The molecule has 2 rings (SSSR count). The first kappa shape index (κ1) is 14.4. The maximum Gasteiger partial charge on any atom is 0.333 e. The van der Waals surface area contributed by atoms with Gasteiger partial charge in [-0.2, -0.15) is 0 Å². The zero-order valence-corrected chi connectivity index (χ0v) is 11.7. The van der Waals surface area contributed by atoms with E-state index in [1.54, 1.807) is 23.2 Å². The molecular formula is C12H15Cl2N3O2. The molecule has 0 spiro atoms. The second kappa shape index (κ2) is 6.43. The molecule has 1 fully saturated rings. The van der Waals surface area contributed by atoms with Gasteiger partial charge in [-0.3, -0.25) is 5.43 Å². The summed E-state index contributed by atoms with van der Waals surface area (Å²) < 4.78 is 0. The van der Waals surface area contributed by atoms with Gasteiger partial charge < -0.3 is 10.4 Å². The number of halogens is 2. The lowest BCUT2D eigenvalue weighted by Crippen LogP contribution is -2.48. The number of benzene rings is 1. The van der Waals surface area contributed by atoms with Gasteiger partial charge in [0.1, 0.15) is 0 Å². The number of aliphatic hydroxyl groups is 1. The molecule has 0 radical (unpaired) electrons. The topological polar surface area (TPSA) is 64.6 Å². The fourth-order valence-electron chi connectivity index (χ4n) is 2.05. The molecule has 1 aromatic rings. The molecule has 1 aromatic carbocycles. The van der Waals surface area contributed by atoms with Crippen molar-refractivity contribution in [2.75, 3.05) is 18.5 Å². The van der Waals surface area contributed by atoms with E-state index in [-0.39, 0.29) is 12.6 Å². The monoisotopic (exact) mass is 303 g/mol. The number of hydrogen-bond donors (Lipinski definition) is 3. The summed E-state index contributed by atoms with van der Waals surface area (Å²) in [7, 11) is 0. The maximum atomic E-state index is 11.8. The van der Waals surface area contributed by atoms with Crippen LogP contribution in [0.25, 0.3) is 0 Å². The minimum atomic E-state index is -0.399. The Bertz CT molecular complexity index is 470. The van der Waals surface area contributed by atoms with Crippen LogP contribution in [-0.4, -0.2) is 35.3 Å². The zero-order chi connectivity index (χ0) is 13.8. The molecule has 3 N–H and O–H groups in total. The first-order valence-corrected chi connectivity index (χ1v) is 6.76. The van der Waals surface area contributed by atoms with E-state index in [9.17, 15) is 4.79 Å². The number of amides is 2. The smallest absolute Gasteiger partial charge is 0.333 e. The zero-order valence-electron chi connectivity index (χ0n) is 10.2. The van der Waals surface area contributed by atoms with Gasteiger partial charge in [0.25, 0.3) is 0 Å². The number of urea groups is 1. The second-order valence-electron chi connectivity index (χ2n) is 4.36. The molecule has 1 saturated heterocycles. The average Bonchev–Trinajstić information content (AvgIpc) is 2.81. The standard InChI is InChI=1S/C12H15Cl2N3O2/c13-8-3-4-10(14)11(6-8)15-12(19)16-17-5-1-2-9(17)7-18/h3-4,6,9,18H,1-2,5,7H2,(H2,15,16,19). The van der Waals surface area contributed by atoms with Crippen molar-refractivity contribution in [3.05, 3.63) is 28.2 Å². The van der Waals surface area contributed by atoms with Crippen molar-refractivity contribution in [1.29, 1.82) is 0 Å². The van der Waals surface area contributed by atoms with E-state index in [2.05, 4.69) is 10.7 Å². The van der Waals surface area contributed by atoms with Crippen molar-refractivity contribution in [3.8, 4) is 0 Å². The van der Waals surface area contributed by atoms with Crippen molar-refractivity contribution >= 4 is 34.9 Å². The summed E-state index contributed by atoms with van der Waals surface area (Å²) in [6.45, 7) is 0.750. The van der Waals surface area contributed by atoms with Crippen LogP contribution in [0.2, 0.25) is 10.0 Å². The van der Waals surface area contributed by atoms with Gasteiger partial charge in [0, 0.05) is 11.6 Å².